The summed E-state index contributed by atoms with van der Waals surface area (Å²) < 4.78 is 0. The molecule has 33 heavy (non-hydrogen) atoms. The first-order chi connectivity index (χ1) is 16.0. The van der Waals surface area contributed by atoms with Crippen molar-refractivity contribution in [2.24, 2.45) is 0 Å². The van der Waals surface area contributed by atoms with Crippen LogP contribution in [0.4, 0.5) is 11.4 Å². The zero-order valence-electron chi connectivity index (χ0n) is 19.3. The Bertz CT molecular complexity index is 944. The first-order valence-corrected chi connectivity index (χ1v) is 11.7. The SMILES string of the molecule is CN(c1ccccc1)c1cccc(C(O)C=CC2CCC(=O)N2CCCCCCC(=O)O)c1. The Labute approximate surface area is 196 Å². The van der Waals surface area contributed by atoms with Gasteiger partial charge in [-0.25, -0.2) is 0 Å². The molecule has 1 aliphatic rings. The molecule has 2 aromatic carbocycles. The van der Waals surface area contributed by atoms with E-state index in [1.54, 1.807) is 6.08 Å². The second-order valence-corrected chi connectivity index (χ2v) is 8.57. The van der Waals surface area contributed by atoms with Gasteiger partial charge in [0.1, 0.15) is 0 Å². The molecular formula is C27H34N2O4. The molecule has 2 atom stereocenters. The van der Waals surface area contributed by atoms with Gasteiger partial charge in [0.05, 0.1) is 12.1 Å². The van der Waals surface area contributed by atoms with E-state index in [-0.39, 0.29) is 18.4 Å². The molecule has 1 fully saturated rings. The van der Waals surface area contributed by atoms with Gasteiger partial charge in [0, 0.05) is 37.8 Å². The smallest absolute Gasteiger partial charge is 0.303 e. The van der Waals surface area contributed by atoms with Crippen LogP contribution in [0.2, 0.25) is 0 Å². The van der Waals surface area contributed by atoms with Crippen molar-refractivity contribution in [3.8, 4) is 0 Å². The lowest BCUT2D eigenvalue weighted by Crippen LogP contribution is -2.32. The van der Waals surface area contributed by atoms with Crippen molar-refractivity contribution < 1.29 is 19.8 Å². The number of likely N-dealkylation sites (tertiary alicyclic amines) is 1. The average molecular weight is 451 g/mol. The van der Waals surface area contributed by atoms with Crippen molar-refractivity contribution in [2.75, 3.05) is 18.5 Å². The lowest BCUT2D eigenvalue weighted by atomic mass is 10.1. The van der Waals surface area contributed by atoms with Crippen molar-refractivity contribution >= 4 is 23.3 Å². The van der Waals surface area contributed by atoms with E-state index in [1.807, 2.05) is 72.6 Å². The highest BCUT2D eigenvalue weighted by atomic mass is 16.4. The molecule has 1 saturated heterocycles. The first kappa shape index (κ1) is 24.5. The van der Waals surface area contributed by atoms with E-state index in [4.69, 9.17) is 5.11 Å². The van der Waals surface area contributed by atoms with Gasteiger partial charge in [-0.1, -0.05) is 55.3 Å². The number of aliphatic hydroxyl groups excluding tert-OH is 1. The first-order valence-electron chi connectivity index (χ1n) is 11.7. The number of aliphatic hydroxyl groups is 1. The average Bonchev–Trinajstić information content (AvgIpc) is 3.18. The van der Waals surface area contributed by atoms with Crippen LogP contribution in [0.15, 0.2) is 66.7 Å². The normalized spacial score (nSPS) is 17.0. The summed E-state index contributed by atoms with van der Waals surface area (Å²) in [5.41, 5.74) is 2.87. The Balaban J connectivity index is 1.56. The summed E-state index contributed by atoms with van der Waals surface area (Å²) in [6, 6.07) is 17.9. The van der Waals surface area contributed by atoms with Crippen molar-refractivity contribution in [3.63, 3.8) is 0 Å². The molecule has 0 radical (unpaired) electrons. The van der Waals surface area contributed by atoms with Crippen molar-refractivity contribution in [3.05, 3.63) is 72.3 Å². The van der Waals surface area contributed by atoms with E-state index < -0.39 is 12.1 Å². The molecule has 2 N–H and O–H groups in total. The van der Waals surface area contributed by atoms with Crippen molar-refractivity contribution in [2.45, 2.75) is 57.1 Å². The number of aliphatic carboxylic acids is 1. The Kier molecular flexibility index (Phi) is 9.07. The third kappa shape index (κ3) is 7.19. The Morgan fingerprint density at radius 3 is 2.58 bits per heavy atom. The van der Waals surface area contributed by atoms with Crippen LogP contribution in [0.5, 0.6) is 0 Å². The molecule has 3 rings (SSSR count). The number of hydrogen-bond acceptors (Lipinski definition) is 4. The predicted octanol–water partition coefficient (Wildman–Crippen LogP) is 5.07. The number of anilines is 2. The molecule has 2 aromatic rings. The zero-order valence-corrected chi connectivity index (χ0v) is 19.3. The lowest BCUT2D eigenvalue weighted by Gasteiger charge is -2.23. The van der Waals surface area contributed by atoms with E-state index in [2.05, 4.69) is 4.90 Å². The van der Waals surface area contributed by atoms with Gasteiger partial charge in [-0.3, -0.25) is 9.59 Å². The fourth-order valence-corrected chi connectivity index (χ4v) is 4.22. The highest BCUT2D eigenvalue weighted by molar-refractivity contribution is 5.79. The Morgan fingerprint density at radius 2 is 1.82 bits per heavy atom. The highest BCUT2D eigenvalue weighted by Crippen LogP contribution is 2.27. The fraction of sp³-hybridized carbons (Fsp3) is 0.407. The number of carbonyl (C=O) groups is 2. The van der Waals surface area contributed by atoms with Crippen LogP contribution in [0.1, 0.15) is 56.6 Å². The highest BCUT2D eigenvalue weighted by Gasteiger charge is 2.28. The largest absolute Gasteiger partial charge is 0.481 e. The van der Waals surface area contributed by atoms with Gasteiger partial charge in [0.25, 0.3) is 0 Å². The number of benzene rings is 2. The Hall–Kier alpha value is -3.12. The summed E-state index contributed by atoms with van der Waals surface area (Å²) in [7, 11) is 2.00. The third-order valence-electron chi connectivity index (χ3n) is 6.17. The third-order valence-corrected chi connectivity index (χ3v) is 6.17. The van der Waals surface area contributed by atoms with Crippen LogP contribution in [0.3, 0.4) is 0 Å². The summed E-state index contributed by atoms with van der Waals surface area (Å²) in [6.45, 7) is 0.675. The van der Waals surface area contributed by atoms with Gasteiger partial charge in [-0.15, -0.1) is 0 Å². The van der Waals surface area contributed by atoms with E-state index in [0.717, 1.165) is 42.6 Å². The lowest BCUT2D eigenvalue weighted by molar-refractivity contribution is -0.137. The zero-order chi connectivity index (χ0) is 23.6. The van der Waals surface area contributed by atoms with Crippen LogP contribution in [0.25, 0.3) is 0 Å². The maximum Gasteiger partial charge on any atom is 0.303 e. The van der Waals surface area contributed by atoms with Crippen LogP contribution >= 0.6 is 0 Å². The molecule has 0 spiro atoms. The number of para-hydroxylation sites is 1. The van der Waals surface area contributed by atoms with Crippen LogP contribution in [-0.4, -0.2) is 46.6 Å². The van der Waals surface area contributed by atoms with Crippen LogP contribution in [0, 0.1) is 0 Å². The number of rotatable bonds is 12. The number of carboxylic acids is 1. The predicted molar refractivity (Wildman–Crippen MR) is 131 cm³/mol. The molecule has 0 bridgehead atoms. The van der Waals surface area contributed by atoms with E-state index in [0.29, 0.717) is 19.4 Å². The minimum Gasteiger partial charge on any atom is -0.481 e. The van der Waals surface area contributed by atoms with Gasteiger partial charge < -0.3 is 20.0 Å². The number of amides is 1. The maximum absolute atomic E-state index is 12.3. The molecule has 0 aliphatic carbocycles. The Morgan fingerprint density at radius 1 is 1.09 bits per heavy atom. The summed E-state index contributed by atoms with van der Waals surface area (Å²) in [6.07, 6.45) is 7.80. The number of carbonyl (C=O) groups excluding carboxylic acids is 1. The van der Waals surface area contributed by atoms with Gasteiger partial charge in [-0.05, 0) is 49.1 Å². The number of carboxylic acid groups (broad SMARTS) is 1. The van der Waals surface area contributed by atoms with Crippen LogP contribution < -0.4 is 4.90 Å². The van der Waals surface area contributed by atoms with Gasteiger partial charge in [0.15, 0.2) is 0 Å². The number of unbranched alkanes of at least 4 members (excludes halogenated alkanes) is 3. The number of hydrogen-bond donors (Lipinski definition) is 2. The molecule has 1 aliphatic heterocycles. The fourth-order valence-electron chi connectivity index (χ4n) is 4.22. The van der Waals surface area contributed by atoms with Crippen LogP contribution in [-0.2, 0) is 9.59 Å². The van der Waals surface area contributed by atoms with E-state index in [1.165, 1.54) is 0 Å². The van der Waals surface area contributed by atoms with Crippen molar-refractivity contribution in [1.29, 1.82) is 0 Å². The topological polar surface area (TPSA) is 81.1 Å². The molecule has 0 saturated carbocycles. The van der Waals surface area contributed by atoms with Gasteiger partial charge in [0.2, 0.25) is 5.91 Å². The van der Waals surface area contributed by atoms with E-state index in [9.17, 15) is 14.7 Å². The van der Waals surface area contributed by atoms with Gasteiger partial charge in [-0.2, -0.15) is 0 Å². The minimum atomic E-state index is -0.759. The second-order valence-electron chi connectivity index (χ2n) is 8.57. The summed E-state index contributed by atoms with van der Waals surface area (Å²) in [5.74, 6) is -0.609. The number of nitrogens with zero attached hydrogens (tertiary/aromatic N) is 2. The molecular weight excluding hydrogens is 416 g/mol. The monoisotopic (exact) mass is 450 g/mol. The second kappa shape index (κ2) is 12.2. The van der Waals surface area contributed by atoms with Crippen molar-refractivity contribution in [1.82, 2.24) is 4.90 Å². The summed E-state index contributed by atoms with van der Waals surface area (Å²) >= 11 is 0. The van der Waals surface area contributed by atoms with E-state index >= 15 is 0 Å². The molecule has 1 heterocycles. The molecule has 0 aromatic heterocycles. The molecule has 1 amide bonds. The summed E-state index contributed by atoms with van der Waals surface area (Å²) in [4.78, 5) is 26.9. The maximum atomic E-state index is 12.3. The quantitative estimate of drug-likeness (QED) is 0.349. The standard InChI is InChI=1S/C27H34N2O4/c1-28(22-11-5-4-6-12-22)24-13-9-10-21(20-24)25(30)17-15-23-16-18-26(31)29(23)19-8-3-2-7-14-27(32)33/h4-6,9-13,15,17,20,23,25,30H,2-3,7-8,14,16,18-19H2,1H3,(H,32,33). The summed E-state index contributed by atoms with van der Waals surface area (Å²) in [5, 5.41) is 19.5. The van der Waals surface area contributed by atoms with Gasteiger partial charge >= 0.3 is 5.97 Å². The molecule has 6 nitrogen and oxygen atoms in total. The minimum absolute atomic E-state index is 0.00125. The molecule has 2 unspecified atom stereocenters. The molecule has 176 valence electrons. The molecule has 6 heteroatoms.